The summed E-state index contributed by atoms with van der Waals surface area (Å²) in [5, 5.41) is 14.3. The Kier molecular flexibility index (Phi) is 3.25. The minimum atomic E-state index is -0.148. The van der Waals surface area contributed by atoms with Crippen LogP contribution in [0.15, 0.2) is 41.1 Å². The summed E-state index contributed by atoms with van der Waals surface area (Å²) in [7, 11) is 0. The quantitative estimate of drug-likeness (QED) is 0.946. The maximum absolute atomic E-state index is 10.0. The first-order valence-corrected chi connectivity index (χ1v) is 8.31. The molecule has 3 heterocycles. The van der Waals surface area contributed by atoms with Crippen LogP contribution in [0, 0.1) is 5.41 Å². The molecule has 1 aromatic carbocycles. The monoisotopic (exact) mass is 301 g/mol. The van der Waals surface area contributed by atoms with E-state index in [0.29, 0.717) is 12.5 Å². The first-order chi connectivity index (χ1) is 10.3. The Hall–Kier alpha value is -1.36. The van der Waals surface area contributed by atoms with E-state index < -0.39 is 0 Å². The van der Waals surface area contributed by atoms with Gasteiger partial charge < -0.3 is 9.84 Å². The Balaban J connectivity index is 1.63. The Morgan fingerprint density at radius 2 is 2.24 bits per heavy atom. The molecule has 0 amide bonds. The van der Waals surface area contributed by atoms with Gasteiger partial charge in [-0.05, 0) is 34.0 Å². The fourth-order valence-electron chi connectivity index (χ4n) is 3.73. The van der Waals surface area contributed by atoms with Gasteiger partial charge in [-0.25, -0.2) is 0 Å². The third-order valence-electron chi connectivity index (χ3n) is 4.83. The fourth-order valence-corrected chi connectivity index (χ4v) is 4.39. The van der Waals surface area contributed by atoms with E-state index in [-0.39, 0.29) is 12.0 Å². The van der Waals surface area contributed by atoms with Gasteiger partial charge in [-0.1, -0.05) is 18.2 Å². The molecule has 0 aliphatic carbocycles. The molecule has 3 nitrogen and oxygen atoms in total. The smallest absolute Gasteiger partial charge is 0.122 e. The molecule has 0 unspecified atom stereocenters. The number of rotatable bonds is 3. The molecule has 4 rings (SSSR count). The largest absolute Gasteiger partial charge is 0.493 e. The highest BCUT2D eigenvalue weighted by Gasteiger charge is 2.50. The van der Waals surface area contributed by atoms with Crippen LogP contribution in [0.5, 0.6) is 5.75 Å². The zero-order valence-corrected chi connectivity index (χ0v) is 12.7. The number of para-hydroxylation sites is 1. The highest BCUT2D eigenvalue weighted by atomic mass is 32.1. The van der Waals surface area contributed by atoms with Gasteiger partial charge in [0, 0.05) is 31.0 Å². The highest BCUT2D eigenvalue weighted by molar-refractivity contribution is 7.07. The lowest BCUT2D eigenvalue weighted by molar-refractivity contribution is 0.0457. The summed E-state index contributed by atoms with van der Waals surface area (Å²) in [5.74, 6) is 1.36. The van der Waals surface area contributed by atoms with Crippen LogP contribution in [0.1, 0.15) is 17.0 Å². The van der Waals surface area contributed by atoms with Crippen molar-refractivity contribution >= 4 is 11.3 Å². The molecule has 0 bridgehead atoms. The van der Waals surface area contributed by atoms with E-state index in [9.17, 15) is 5.11 Å². The number of likely N-dealkylation sites (tertiary alicyclic amines) is 1. The normalized spacial score (nSPS) is 28.0. The van der Waals surface area contributed by atoms with Crippen molar-refractivity contribution in [2.45, 2.75) is 12.5 Å². The van der Waals surface area contributed by atoms with Crippen LogP contribution < -0.4 is 4.74 Å². The van der Waals surface area contributed by atoms with E-state index in [1.165, 1.54) is 11.1 Å². The lowest BCUT2D eigenvalue weighted by Crippen LogP contribution is -2.42. The fraction of sp³-hybridized carbons (Fsp3) is 0.412. The van der Waals surface area contributed by atoms with E-state index in [2.05, 4.69) is 33.9 Å². The SMILES string of the molecule is OC[C@]12COc3ccccc3[C@H]1CN(Cc1ccsc1)C2. The number of ether oxygens (including phenoxy) is 1. The molecule has 2 atom stereocenters. The summed E-state index contributed by atoms with van der Waals surface area (Å²) in [4.78, 5) is 2.45. The van der Waals surface area contributed by atoms with Crippen LogP contribution in [0.3, 0.4) is 0 Å². The summed E-state index contributed by atoms with van der Waals surface area (Å²) in [6.07, 6.45) is 0. The van der Waals surface area contributed by atoms with Gasteiger partial charge in [-0.3, -0.25) is 4.90 Å². The molecule has 0 spiro atoms. The molecule has 1 aromatic heterocycles. The van der Waals surface area contributed by atoms with Gasteiger partial charge in [0.15, 0.2) is 0 Å². The van der Waals surface area contributed by atoms with E-state index in [1.807, 2.05) is 12.1 Å². The predicted octanol–water partition coefficient (Wildman–Crippen LogP) is 2.72. The number of fused-ring (bicyclic) bond motifs is 3. The molecule has 1 fully saturated rings. The Labute approximate surface area is 128 Å². The van der Waals surface area contributed by atoms with Crippen molar-refractivity contribution in [3.8, 4) is 5.75 Å². The van der Waals surface area contributed by atoms with Gasteiger partial charge in [0.2, 0.25) is 0 Å². The van der Waals surface area contributed by atoms with Crippen molar-refractivity contribution in [3.05, 3.63) is 52.2 Å². The molecule has 110 valence electrons. The van der Waals surface area contributed by atoms with Crippen molar-refractivity contribution in [2.24, 2.45) is 5.41 Å². The molecule has 1 N–H and O–H groups in total. The standard InChI is InChI=1S/C17H19NO2S/c19-11-17-10-18(7-13-5-6-21-9-13)8-15(17)14-3-1-2-4-16(14)20-12-17/h1-6,9,15,19H,7-8,10-12H2/t15-,17-/m1/s1. The van der Waals surface area contributed by atoms with E-state index in [4.69, 9.17) is 4.74 Å². The molecule has 0 saturated carbocycles. The summed E-state index contributed by atoms with van der Waals surface area (Å²) in [6.45, 7) is 3.66. The van der Waals surface area contributed by atoms with Gasteiger partial charge in [0.1, 0.15) is 5.75 Å². The van der Waals surface area contributed by atoms with Crippen molar-refractivity contribution < 1.29 is 9.84 Å². The maximum atomic E-state index is 10.0. The lowest BCUT2D eigenvalue weighted by Gasteiger charge is -2.38. The maximum Gasteiger partial charge on any atom is 0.122 e. The van der Waals surface area contributed by atoms with Gasteiger partial charge in [0.25, 0.3) is 0 Å². The van der Waals surface area contributed by atoms with E-state index >= 15 is 0 Å². The highest BCUT2D eigenvalue weighted by Crippen LogP contribution is 2.49. The zero-order valence-electron chi connectivity index (χ0n) is 11.9. The van der Waals surface area contributed by atoms with E-state index in [1.54, 1.807) is 11.3 Å². The van der Waals surface area contributed by atoms with Gasteiger partial charge in [-0.2, -0.15) is 11.3 Å². The van der Waals surface area contributed by atoms with Gasteiger partial charge in [-0.15, -0.1) is 0 Å². The first kappa shape index (κ1) is 13.3. The summed E-state index contributed by atoms with van der Waals surface area (Å²) in [6, 6.07) is 10.5. The van der Waals surface area contributed by atoms with Gasteiger partial charge >= 0.3 is 0 Å². The molecule has 4 heteroatoms. The third-order valence-corrected chi connectivity index (χ3v) is 5.56. The molecule has 1 saturated heterocycles. The van der Waals surface area contributed by atoms with Crippen molar-refractivity contribution in [1.82, 2.24) is 4.90 Å². The van der Waals surface area contributed by atoms with Crippen LogP contribution in [0.25, 0.3) is 0 Å². The van der Waals surface area contributed by atoms with Crippen molar-refractivity contribution in [3.63, 3.8) is 0 Å². The molecular weight excluding hydrogens is 282 g/mol. The Bertz CT molecular complexity index is 627. The topological polar surface area (TPSA) is 32.7 Å². The summed E-state index contributed by atoms with van der Waals surface area (Å²) < 4.78 is 5.93. The molecular formula is C17H19NO2S. The minimum Gasteiger partial charge on any atom is -0.493 e. The molecule has 2 aliphatic heterocycles. The minimum absolute atomic E-state index is 0.148. The molecule has 2 aliphatic rings. The zero-order chi connectivity index (χ0) is 14.3. The number of nitrogens with zero attached hydrogens (tertiary/aromatic N) is 1. The predicted molar refractivity (Wildman–Crippen MR) is 83.8 cm³/mol. The van der Waals surface area contributed by atoms with Crippen molar-refractivity contribution in [1.29, 1.82) is 0 Å². The molecule has 2 aromatic rings. The number of aliphatic hydroxyl groups excluding tert-OH is 1. The molecule has 0 radical (unpaired) electrons. The first-order valence-electron chi connectivity index (χ1n) is 7.37. The molecule has 21 heavy (non-hydrogen) atoms. The van der Waals surface area contributed by atoms with Gasteiger partial charge in [0.05, 0.1) is 13.2 Å². The van der Waals surface area contributed by atoms with Crippen LogP contribution in [0.4, 0.5) is 0 Å². The number of hydrogen-bond acceptors (Lipinski definition) is 4. The Morgan fingerprint density at radius 1 is 1.33 bits per heavy atom. The van der Waals surface area contributed by atoms with Crippen LogP contribution >= 0.6 is 11.3 Å². The van der Waals surface area contributed by atoms with Crippen molar-refractivity contribution in [2.75, 3.05) is 26.3 Å². The second kappa shape index (κ2) is 5.13. The lowest BCUT2D eigenvalue weighted by atomic mass is 9.74. The van der Waals surface area contributed by atoms with E-state index in [0.717, 1.165) is 25.4 Å². The van der Waals surface area contributed by atoms with Crippen LogP contribution in [-0.2, 0) is 6.54 Å². The number of benzene rings is 1. The number of hydrogen-bond donors (Lipinski definition) is 1. The van der Waals surface area contributed by atoms with Crippen LogP contribution in [0.2, 0.25) is 0 Å². The second-order valence-corrected chi connectivity index (χ2v) is 6.98. The second-order valence-electron chi connectivity index (χ2n) is 6.20. The average molecular weight is 301 g/mol. The average Bonchev–Trinajstić information content (AvgIpc) is 3.15. The summed E-state index contributed by atoms with van der Waals surface area (Å²) in [5.41, 5.74) is 2.47. The summed E-state index contributed by atoms with van der Waals surface area (Å²) >= 11 is 1.74. The number of thiophene rings is 1. The van der Waals surface area contributed by atoms with Crippen LogP contribution in [-0.4, -0.2) is 36.3 Å². The Morgan fingerprint density at radius 3 is 3.05 bits per heavy atom. The third kappa shape index (κ3) is 2.18. The number of aliphatic hydroxyl groups is 1.